The van der Waals surface area contributed by atoms with Crippen molar-refractivity contribution in [2.75, 3.05) is 27.2 Å². The third-order valence-corrected chi connectivity index (χ3v) is 4.47. The van der Waals surface area contributed by atoms with Crippen LogP contribution < -0.4 is 5.32 Å². The van der Waals surface area contributed by atoms with Crippen LogP contribution in [0.1, 0.15) is 41.0 Å². The van der Waals surface area contributed by atoms with E-state index >= 15 is 0 Å². The molecule has 0 saturated carbocycles. The monoisotopic (exact) mass is 348 g/mol. The van der Waals surface area contributed by atoms with Gasteiger partial charge in [-0.3, -0.25) is 0 Å². The number of fused-ring (bicyclic) bond motifs is 1. The second-order valence-electron chi connectivity index (χ2n) is 5.38. The van der Waals surface area contributed by atoms with E-state index in [1.165, 1.54) is 22.1 Å². The van der Waals surface area contributed by atoms with Crippen LogP contribution in [0.4, 0.5) is 0 Å². The normalized spacial score (nSPS) is 11.3. The van der Waals surface area contributed by atoms with Gasteiger partial charge in [0.2, 0.25) is 0 Å². The number of rotatable bonds is 7. The van der Waals surface area contributed by atoms with Gasteiger partial charge in [0.15, 0.2) is 0 Å². The molecule has 2 rings (SSSR count). The summed E-state index contributed by atoms with van der Waals surface area (Å²) in [5.41, 5.74) is 0. The molecule has 0 spiro atoms. The van der Waals surface area contributed by atoms with Gasteiger partial charge in [-0.05, 0) is 61.8 Å². The molecule has 0 fully saturated rings. The summed E-state index contributed by atoms with van der Waals surface area (Å²) in [6.45, 7) is 12.5. The molecule has 2 nitrogen and oxygen atoms in total. The van der Waals surface area contributed by atoms with Crippen LogP contribution in [0.5, 0.6) is 0 Å². The van der Waals surface area contributed by atoms with Gasteiger partial charge >= 0.3 is 0 Å². The Hall–Kier alpha value is -1.03. The van der Waals surface area contributed by atoms with Gasteiger partial charge in [0.05, 0.1) is 0 Å². The number of hydrogen-bond acceptors (Lipinski definition) is 3. The first-order valence-corrected chi connectivity index (χ1v) is 9.99. The Morgan fingerprint density at radius 2 is 1.62 bits per heavy atom. The fraction of sp³-hybridized carbons (Fsp3) is 0.524. The summed E-state index contributed by atoms with van der Waals surface area (Å²) in [5, 5.41) is 5.88. The lowest BCUT2D eigenvalue weighted by Crippen LogP contribution is -2.21. The van der Waals surface area contributed by atoms with Gasteiger partial charge in [0.25, 0.3) is 0 Å². The van der Waals surface area contributed by atoms with Crippen LogP contribution in [0, 0.1) is 5.92 Å². The van der Waals surface area contributed by atoms with Crippen LogP contribution in [0.3, 0.4) is 0 Å². The topological polar surface area (TPSA) is 15.3 Å². The molecule has 1 atom stereocenters. The zero-order chi connectivity index (χ0) is 18.4. The molecule has 2 aromatic carbocycles. The van der Waals surface area contributed by atoms with Crippen molar-refractivity contribution in [3.8, 4) is 0 Å². The van der Waals surface area contributed by atoms with E-state index in [0.717, 1.165) is 13.1 Å². The van der Waals surface area contributed by atoms with E-state index in [1.54, 1.807) is 0 Å². The third kappa shape index (κ3) is 8.18. The van der Waals surface area contributed by atoms with Gasteiger partial charge in [-0.2, -0.15) is 0 Å². The minimum Gasteiger partial charge on any atom is -0.320 e. The lowest BCUT2D eigenvalue weighted by molar-refractivity contribution is 0.413. The molecule has 24 heavy (non-hydrogen) atoms. The fourth-order valence-corrected chi connectivity index (χ4v) is 3.49. The molecule has 0 bridgehead atoms. The van der Waals surface area contributed by atoms with Crippen molar-refractivity contribution >= 4 is 22.7 Å². The predicted octanol–water partition coefficient (Wildman–Crippen LogP) is 6.08. The molecule has 3 heteroatoms. The molecule has 1 unspecified atom stereocenters. The largest absolute Gasteiger partial charge is 0.320 e. The van der Waals surface area contributed by atoms with E-state index in [4.69, 9.17) is 0 Å². The summed E-state index contributed by atoms with van der Waals surface area (Å²) in [7, 11) is 4.20. The zero-order valence-corrected chi connectivity index (χ0v) is 17.4. The second-order valence-corrected chi connectivity index (χ2v) is 6.62. The van der Waals surface area contributed by atoms with Crippen LogP contribution in [0.2, 0.25) is 0 Å². The van der Waals surface area contributed by atoms with E-state index in [0.29, 0.717) is 5.92 Å². The van der Waals surface area contributed by atoms with E-state index in [1.807, 2.05) is 46.7 Å². The van der Waals surface area contributed by atoms with Gasteiger partial charge < -0.3 is 5.32 Å². The van der Waals surface area contributed by atoms with Gasteiger partial charge in [0, 0.05) is 11.4 Å². The van der Waals surface area contributed by atoms with Crippen molar-refractivity contribution in [1.82, 2.24) is 9.62 Å². The zero-order valence-electron chi connectivity index (χ0n) is 16.6. The first-order valence-electron chi connectivity index (χ1n) is 9.22. The summed E-state index contributed by atoms with van der Waals surface area (Å²) in [6, 6.07) is 15.1. The van der Waals surface area contributed by atoms with Gasteiger partial charge in [0.1, 0.15) is 0 Å². The minimum atomic E-state index is 0.704. The number of nitrogens with one attached hydrogen (secondary N) is 1. The fourth-order valence-electron chi connectivity index (χ4n) is 2.40. The Kier molecular flexibility index (Phi) is 13.7. The van der Waals surface area contributed by atoms with E-state index in [9.17, 15) is 0 Å². The molecule has 0 aromatic heterocycles. The average Bonchev–Trinajstić information content (AvgIpc) is 2.63. The Bertz CT molecular complexity index is 537. The SMILES string of the molecule is CC.CC.CNCCC(C)CN(C)Sc1cccc2ccccc12. The molecule has 0 saturated heterocycles. The van der Waals surface area contributed by atoms with Gasteiger partial charge in [-0.1, -0.05) is 71.0 Å². The predicted molar refractivity (Wildman–Crippen MR) is 113 cm³/mol. The van der Waals surface area contributed by atoms with Crippen molar-refractivity contribution < 1.29 is 0 Å². The summed E-state index contributed by atoms with van der Waals surface area (Å²) < 4.78 is 2.35. The molecular weight excluding hydrogens is 312 g/mol. The molecule has 0 heterocycles. The van der Waals surface area contributed by atoms with E-state index in [-0.39, 0.29) is 0 Å². The smallest absolute Gasteiger partial charge is 0.0308 e. The molecule has 0 amide bonds. The molecule has 2 aromatic rings. The Labute approximate surface area is 154 Å². The summed E-state index contributed by atoms with van der Waals surface area (Å²) in [5.74, 6) is 0.704. The molecule has 0 aliphatic heterocycles. The van der Waals surface area contributed by atoms with E-state index in [2.05, 4.69) is 66.1 Å². The van der Waals surface area contributed by atoms with Crippen LogP contribution in [0.15, 0.2) is 47.4 Å². The molecule has 0 aliphatic carbocycles. The summed E-state index contributed by atoms with van der Waals surface area (Å²) >= 11 is 1.85. The molecule has 0 aliphatic rings. The maximum Gasteiger partial charge on any atom is 0.0308 e. The highest BCUT2D eigenvalue weighted by molar-refractivity contribution is 7.97. The maximum atomic E-state index is 3.22. The van der Waals surface area contributed by atoms with Crippen LogP contribution >= 0.6 is 11.9 Å². The molecular formula is C21H36N2S. The van der Waals surface area contributed by atoms with Crippen molar-refractivity contribution in [3.05, 3.63) is 42.5 Å². The number of nitrogens with zero attached hydrogens (tertiary/aromatic N) is 1. The van der Waals surface area contributed by atoms with Crippen molar-refractivity contribution in [1.29, 1.82) is 0 Å². The Morgan fingerprint density at radius 3 is 2.29 bits per heavy atom. The van der Waals surface area contributed by atoms with Crippen molar-refractivity contribution in [2.45, 2.75) is 45.9 Å². The van der Waals surface area contributed by atoms with Crippen LogP contribution in [-0.4, -0.2) is 31.5 Å². The second kappa shape index (κ2) is 14.3. The third-order valence-electron chi connectivity index (χ3n) is 3.46. The Balaban J connectivity index is 0.00000123. The van der Waals surface area contributed by atoms with Gasteiger partial charge in [-0.15, -0.1) is 0 Å². The quantitative estimate of drug-likeness (QED) is 0.611. The highest BCUT2D eigenvalue weighted by atomic mass is 32.2. The van der Waals surface area contributed by atoms with Crippen LogP contribution in [0.25, 0.3) is 10.8 Å². The maximum absolute atomic E-state index is 3.22. The first-order chi connectivity index (χ1) is 11.7. The van der Waals surface area contributed by atoms with E-state index < -0.39 is 0 Å². The van der Waals surface area contributed by atoms with Gasteiger partial charge in [-0.25, -0.2) is 4.31 Å². The first kappa shape index (κ1) is 23.0. The highest BCUT2D eigenvalue weighted by Crippen LogP contribution is 2.29. The Morgan fingerprint density at radius 1 is 1.00 bits per heavy atom. The van der Waals surface area contributed by atoms with Crippen molar-refractivity contribution in [3.63, 3.8) is 0 Å². The lowest BCUT2D eigenvalue weighted by Gasteiger charge is -2.21. The minimum absolute atomic E-state index is 0.704. The number of benzene rings is 2. The lowest BCUT2D eigenvalue weighted by atomic mass is 10.1. The number of hydrogen-bond donors (Lipinski definition) is 1. The molecule has 1 N–H and O–H groups in total. The molecule has 136 valence electrons. The highest BCUT2D eigenvalue weighted by Gasteiger charge is 2.09. The average molecular weight is 349 g/mol. The summed E-state index contributed by atoms with van der Waals surface area (Å²) in [6.07, 6.45) is 1.22. The standard InChI is InChI=1S/C17H24N2S.2C2H6/c1-14(11-12-18-2)13-19(3)20-17-10-6-8-15-7-4-5-9-16(15)17;2*1-2/h4-10,14,18H,11-13H2,1-3H3;2*1-2H3. The van der Waals surface area contributed by atoms with Crippen LogP contribution in [-0.2, 0) is 0 Å². The van der Waals surface area contributed by atoms with Crippen molar-refractivity contribution in [2.24, 2.45) is 5.92 Å². The summed E-state index contributed by atoms with van der Waals surface area (Å²) in [4.78, 5) is 1.34. The molecule has 0 radical (unpaired) electrons.